The van der Waals surface area contributed by atoms with Gasteiger partial charge in [0.2, 0.25) is 0 Å². The molecule has 0 radical (unpaired) electrons. The number of thiophene rings is 1. The number of aryl methyl sites for hydroxylation is 4. The van der Waals surface area contributed by atoms with Gasteiger partial charge in [-0.1, -0.05) is 29.3 Å². The standard InChI is InChI=1S/C15H19NS/c1-9-5-10(2)7-13(6-9)15(16)14-8-11(3)12(4)17-14/h5-8,15H,16H2,1-4H3. The molecule has 0 fully saturated rings. The third kappa shape index (κ3) is 2.59. The molecule has 90 valence electrons. The molecule has 0 aliphatic carbocycles. The molecule has 1 aromatic carbocycles. The highest BCUT2D eigenvalue weighted by Crippen LogP contribution is 2.29. The normalized spacial score (nSPS) is 12.8. The Balaban J connectivity index is 2.39. The van der Waals surface area contributed by atoms with E-state index >= 15 is 0 Å². The van der Waals surface area contributed by atoms with E-state index < -0.39 is 0 Å². The molecule has 17 heavy (non-hydrogen) atoms. The Bertz CT molecular complexity index is 500. The van der Waals surface area contributed by atoms with Crippen LogP contribution in [0.15, 0.2) is 24.3 Å². The van der Waals surface area contributed by atoms with E-state index in [1.807, 2.05) is 0 Å². The molecule has 1 aromatic heterocycles. The zero-order chi connectivity index (χ0) is 12.6. The van der Waals surface area contributed by atoms with Crippen molar-refractivity contribution in [2.24, 2.45) is 5.73 Å². The lowest BCUT2D eigenvalue weighted by Crippen LogP contribution is -2.10. The van der Waals surface area contributed by atoms with Gasteiger partial charge < -0.3 is 5.73 Å². The smallest absolute Gasteiger partial charge is 0.0646 e. The average Bonchev–Trinajstić information content (AvgIpc) is 2.57. The molecular formula is C15H19NS. The molecule has 1 nitrogen and oxygen atoms in total. The van der Waals surface area contributed by atoms with Crippen LogP contribution in [0.5, 0.6) is 0 Å². The Morgan fingerprint density at radius 2 is 1.53 bits per heavy atom. The molecule has 2 aromatic rings. The minimum atomic E-state index is 0.00556. The second kappa shape index (κ2) is 4.63. The molecule has 2 N–H and O–H groups in total. The van der Waals surface area contributed by atoms with Gasteiger partial charge in [-0.3, -0.25) is 0 Å². The Morgan fingerprint density at radius 3 is 2.00 bits per heavy atom. The zero-order valence-corrected chi connectivity index (χ0v) is 11.7. The molecule has 0 bridgehead atoms. The Hall–Kier alpha value is -1.12. The first kappa shape index (κ1) is 12.3. The lowest BCUT2D eigenvalue weighted by atomic mass is 10.0. The van der Waals surface area contributed by atoms with E-state index in [2.05, 4.69) is 52.0 Å². The second-order valence-corrected chi connectivity index (χ2v) is 6.07. The number of hydrogen-bond donors (Lipinski definition) is 1. The molecule has 1 heterocycles. The van der Waals surface area contributed by atoms with Crippen LogP contribution in [0.2, 0.25) is 0 Å². The summed E-state index contributed by atoms with van der Waals surface area (Å²) in [6, 6.07) is 8.76. The van der Waals surface area contributed by atoms with Gasteiger partial charge in [0.15, 0.2) is 0 Å². The summed E-state index contributed by atoms with van der Waals surface area (Å²) in [5, 5.41) is 0. The predicted octanol–water partition coefficient (Wildman–Crippen LogP) is 4.03. The molecule has 0 saturated heterocycles. The van der Waals surface area contributed by atoms with Crippen molar-refractivity contribution in [3.63, 3.8) is 0 Å². The summed E-state index contributed by atoms with van der Waals surface area (Å²) in [6.07, 6.45) is 0. The topological polar surface area (TPSA) is 26.0 Å². The van der Waals surface area contributed by atoms with Gasteiger partial charge in [0.05, 0.1) is 6.04 Å². The summed E-state index contributed by atoms with van der Waals surface area (Å²) < 4.78 is 0. The van der Waals surface area contributed by atoms with Crippen LogP contribution < -0.4 is 5.73 Å². The van der Waals surface area contributed by atoms with Crippen molar-refractivity contribution in [2.45, 2.75) is 33.7 Å². The van der Waals surface area contributed by atoms with Crippen LogP contribution in [-0.2, 0) is 0 Å². The van der Waals surface area contributed by atoms with E-state index in [9.17, 15) is 0 Å². The van der Waals surface area contributed by atoms with Gasteiger partial charge >= 0.3 is 0 Å². The van der Waals surface area contributed by atoms with Crippen molar-refractivity contribution in [3.8, 4) is 0 Å². The van der Waals surface area contributed by atoms with Gasteiger partial charge in [-0.05, 0) is 44.9 Å². The van der Waals surface area contributed by atoms with Crippen LogP contribution in [0, 0.1) is 27.7 Å². The van der Waals surface area contributed by atoms with Crippen molar-refractivity contribution in [1.82, 2.24) is 0 Å². The second-order valence-electron chi connectivity index (χ2n) is 4.79. The van der Waals surface area contributed by atoms with Crippen molar-refractivity contribution in [2.75, 3.05) is 0 Å². The van der Waals surface area contributed by atoms with Crippen LogP contribution in [0.25, 0.3) is 0 Å². The molecular weight excluding hydrogens is 226 g/mol. The highest BCUT2D eigenvalue weighted by Gasteiger charge is 2.13. The zero-order valence-electron chi connectivity index (χ0n) is 10.9. The highest BCUT2D eigenvalue weighted by molar-refractivity contribution is 7.12. The molecule has 0 aliphatic rings. The summed E-state index contributed by atoms with van der Waals surface area (Å²) in [5.74, 6) is 0. The van der Waals surface area contributed by atoms with Crippen LogP contribution in [0.4, 0.5) is 0 Å². The van der Waals surface area contributed by atoms with Gasteiger partial charge in [-0.15, -0.1) is 11.3 Å². The number of benzene rings is 1. The summed E-state index contributed by atoms with van der Waals surface area (Å²) >= 11 is 1.80. The van der Waals surface area contributed by atoms with E-state index in [1.165, 1.54) is 32.0 Å². The van der Waals surface area contributed by atoms with Gasteiger partial charge in [0.25, 0.3) is 0 Å². The summed E-state index contributed by atoms with van der Waals surface area (Å²) in [4.78, 5) is 2.62. The molecule has 0 aliphatic heterocycles. The maximum absolute atomic E-state index is 6.35. The first-order valence-electron chi connectivity index (χ1n) is 5.88. The number of rotatable bonds is 2. The maximum atomic E-state index is 6.35. The van der Waals surface area contributed by atoms with E-state index in [4.69, 9.17) is 5.73 Å². The fourth-order valence-corrected chi connectivity index (χ4v) is 3.18. The number of nitrogens with two attached hydrogens (primary N) is 1. The van der Waals surface area contributed by atoms with Crippen molar-refractivity contribution >= 4 is 11.3 Å². The van der Waals surface area contributed by atoms with Crippen molar-refractivity contribution in [1.29, 1.82) is 0 Å². The van der Waals surface area contributed by atoms with Crippen molar-refractivity contribution < 1.29 is 0 Å². The molecule has 1 unspecified atom stereocenters. The van der Waals surface area contributed by atoms with Crippen LogP contribution in [-0.4, -0.2) is 0 Å². The third-order valence-electron chi connectivity index (χ3n) is 3.09. The Labute approximate surface area is 107 Å². The van der Waals surface area contributed by atoms with Gasteiger partial charge in [-0.2, -0.15) is 0 Å². The molecule has 1 atom stereocenters. The van der Waals surface area contributed by atoms with E-state index in [0.29, 0.717) is 0 Å². The number of hydrogen-bond acceptors (Lipinski definition) is 2. The Kier molecular flexibility index (Phi) is 3.36. The summed E-state index contributed by atoms with van der Waals surface area (Å²) in [7, 11) is 0. The SMILES string of the molecule is Cc1cc(C)cc(C(N)c2cc(C)c(C)s2)c1. The fraction of sp³-hybridized carbons (Fsp3) is 0.333. The lowest BCUT2D eigenvalue weighted by molar-refractivity contribution is 0.888. The highest BCUT2D eigenvalue weighted by atomic mass is 32.1. The molecule has 2 rings (SSSR count). The predicted molar refractivity (Wildman–Crippen MR) is 75.7 cm³/mol. The molecule has 0 amide bonds. The minimum Gasteiger partial charge on any atom is -0.320 e. The molecule has 0 saturated carbocycles. The summed E-state index contributed by atoms with van der Waals surface area (Å²) in [5.41, 5.74) is 11.5. The van der Waals surface area contributed by atoms with E-state index in [1.54, 1.807) is 11.3 Å². The van der Waals surface area contributed by atoms with Crippen LogP contribution >= 0.6 is 11.3 Å². The lowest BCUT2D eigenvalue weighted by Gasteiger charge is -2.12. The quantitative estimate of drug-likeness (QED) is 0.849. The van der Waals surface area contributed by atoms with Crippen molar-refractivity contribution in [3.05, 3.63) is 56.3 Å². The molecule has 2 heteroatoms. The fourth-order valence-electron chi connectivity index (χ4n) is 2.11. The average molecular weight is 245 g/mol. The van der Waals surface area contributed by atoms with Gasteiger partial charge in [0.1, 0.15) is 0 Å². The van der Waals surface area contributed by atoms with E-state index in [-0.39, 0.29) is 6.04 Å². The monoisotopic (exact) mass is 245 g/mol. The van der Waals surface area contributed by atoms with Crippen LogP contribution in [0.3, 0.4) is 0 Å². The maximum Gasteiger partial charge on any atom is 0.0646 e. The first-order chi connectivity index (χ1) is 7.97. The summed E-state index contributed by atoms with van der Waals surface area (Å²) in [6.45, 7) is 8.53. The van der Waals surface area contributed by atoms with Gasteiger partial charge in [0, 0.05) is 9.75 Å². The largest absolute Gasteiger partial charge is 0.320 e. The third-order valence-corrected chi connectivity index (χ3v) is 4.33. The Morgan fingerprint density at radius 1 is 0.941 bits per heavy atom. The van der Waals surface area contributed by atoms with Gasteiger partial charge in [-0.25, -0.2) is 0 Å². The van der Waals surface area contributed by atoms with Crippen LogP contribution in [0.1, 0.15) is 38.0 Å². The minimum absolute atomic E-state index is 0.00556. The first-order valence-corrected chi connectivity index (χ1v) is 6.69. The van der Waals surface area contributed by atoms with E-state index in [0.717, 1.165) is 0 Å². The molecule has 0 spiro atoms.